The normalized spacial score (nSPS) is 21.3. The van der Waals surface area contributed by atoms with Crippen LogP contribution < -0.4 is 5.32 Å². The molecule has 33 heavy (non-hydrogen) atoms. The number of amides is 1. The Balaban J connectivity index is 1.26. The zero-order chi connectivity index (χ0) is 23.0. The number of aliphatic carboxylic acids is 1. The van der Waals surface area contributed by atoms with Gasteiger partial charge in [0.25, 0.3) is 0 Å². The molecule has 1 aromatic heterocycles. The molecule has 2 aromatic rings. The van der Waals surface area contributed by atoms with E-state index in [1.165, 1.54) is 5.56 Å². The molecular weight excluding hydrogens is 420 g/mol. The SMILES string of the molecule is O=C(O)CC1CCC(c2ccc(-c3ccc(NC(=O)OCC4CCOCC4)cn3)cc2)CC1. The van der Waals surface area contributed by atoms with Crippen LogP contribution in [-0.4, -0.2) is 42.0 Å². The van der Waals surface area contributed by atoms with Crippen molar-refractivity contribution in [2.24, 2.45) is 11.8 Å². The Kier molecular flexibility index (Phi) is 7.94. The summed E-state index contributed by atoms with van der Waals surface area (Å²) in [6.07, 6.45) is 7.36. The maximum atomic E-state index is 12.0. The quantitative estimate of drug-likeness (QED) is 0.578. The van der Waals surface area contributed by atoms with Crippen LogP contribution in [-0.2, 0) is 14.3 Å². The lowest BCUT2D eigenvalue weighted by Gasteiger charge is -2.28. The molecule has 4 rings (SSSR count). The Hall–Kier alpha value is -2.93. The van der Waals surface area contributed by atoms with E-state index in [4.69, 9.17) is 14.6 Å². The van der Waals surface area contributed by atoms with Crippen molar-refractivity contribution in [2.45, 2.75) is 50.9 Å². The van der Waals surface area contributed by atoms with Crippen LogP contribution in [0.1, 0.15) is 56.4 Å². The molecule has 2 aliphatic rings. The highest BCUT2D eigenvalue weighted by atomic mass is 16.5. The molecule has 1 aromatic carbocycles. The van der Waals surface area contributed by atoms with E-state index in [1.807, 2.05) is 12.1 Å². The van der Waals surface area contributed by atoms with E-state index in [-0.39, 0.29) is 6.42 Å². The predicted octanol–water partition coefficient (Wildman–Crippen LogP) is 5.47. The minimum Gasteiger partial charge on any atom is -0.481 e. The van der Waals surface area contributed by atoms with E-state index < -0.39 is 12.1 Å². The number of benzene rings is 1. The average Bonchev–Trinajstić information content (AvgIpc) is 2.84. The molecule has 0 atom stereocenters. The van der Waals surface area contributed by atoms with Crippen molar-refractivity contribution in [1.29, 1.82) is 0 Å². The smallest absolute Gasteiger partial charge is 0.411 e. The van der Waals surface area contributed by atoms with Gasteiger partial charge >= 0.3 is 12.1 Å². The maximum absolute atomic E-state index is 12.0. The van der Waals surface area contributed by atoms with E-state index in [0.29, 0.717) is 30.0 Å². The molecule has 1 aliphatic heterocycles. The van der Waals surface area contributed by atoms with E-state index in [2.05, 4.69) is 34.6 Å². The Labute approximate surface area is 194 Å². The second-order valence-electron chi connectivity index (χ2n) is 9.15. The number of carbonyl (C=O) groups excluding carboxylic acids is 1. The molecule has 7 heteroatoms. The summed E-state index contributed by atoms with van der Waals surface area (Å²) < 4.78 is 10.7. The fourth-order valence-electron chi connectivity index (χ4n) is 4.77. The van der Waals surface area contributed by atoms with Gasteiger partial charge in [0.05, 0.1) is 24.2 Å². The minimum absolute atomic E-state index is 0.288. The van der Waals surface area contributed by atoms with Crippen molar-refractivity contribution in [3.63, 3.8) is 0 Å². The summed E-state index contributed by atoms with van der Waals surface area (Å²) >= 11 is 0. The first kappa shape index (κ1) is 23.2. The average molecular weight is 453 g/mol. The van der Waals surface area contributed by atoms with Crippen molar-refractivity contribution >= 4 is 17.7 Å². The Morgan fingerprint density at radius 3 is 2.33 bits per heavy atom. The zero-order valence-corrected chi connectivity index (χ0v) is 18.9. The maximum Gasteiger partial charge on any atom is 0.411 e. The van der Waals surface area contributed by atoms with Gasteiger partial charge < -0.3 is 14.6 Å². The number of aromatic nitrogens is 1. The Morgan fingerprint density at radius 1 is 0.970 bits per heavy atom. The number of carboxylic acids is 1. The van der Waals surface area contributed by atoms with Crippen molar-refractivity contribution < 1.29 is 24.2 Å². The zero-order valence-electron chi connectivity index (χ0n) is 18.9. The highest BCUT2D eigenvalue weighted by Gasteiger charge is 2.24. The minimum atomic E-state index is -0.691. The molecule has 7 nitrogen and oxygen atoms in total. The van der Waals surface area contributed by atoms with Gasteiger partial charge in [-0.25, -0.2) is 4.79 Å². The Morgan fingerprint density at radius 2 is 1.70 bits per heavy atom. The lowest BCUT2D eigenvalue weighted by atomic mass is 9.77. The number of ether oxygens (including phenoxy) is 2. The molecular formula is C26H32N2O5. The van der Waals surface area contributed by atoms with Crippen LogP contribution in [0.25, 0.3) is 11.3 Å². The van der Waals surface area contributed by atoms with Crippen LogP contribution in [0.3, 0.4) is 0 Å². The van der Waals surface area contributed by atoms with E-state index in [9.17, 15) is 9.59 Å². The van der Waals surface area contributed by atoms with Crippen LogP contribution in [0, 0.1) is 11.8 Å². The van der Waals surface area contributed by atoms with Gasteiger partial charge in [-0.2, -0.15) is 0 Å². The summed E-state index contributed by atoms with van der Waals surface area (Å²) in [6, 6.07) is 12.2. The van der Waals surface area contributed by atoms with E-state index >= 15 is 0 Å². The number of rotatable bonds is 7. The molecule has 1 amide bonds. The number of carbonyl (C=O) groups is 2. The number of hydrogen-bond donors (Lipinski definition) is 2. The van der Waals surface area contributed by atoms with Crippen molar-refractivity contribution in [3.05, 3.63) is 48.2 Å². The number of carboxylic acid groups (broad SMARTS) is 1. The number of nitrogens with zero attached hydrogens (tertiary/aromatic N) is 1. The molecule has 0 unspecified atom stereocenters. The third-order valence-electron chi connectivity index (χ3n) is 6.79. The van der Waals surface area contributed by atoms with Gasteiger partial charge in [-0.1, -0.05) is 24.3 Å². The first-order valence-electron chi connectivity index (χ1n) is 11.9. The number of anilines is 1. The number of nitrogens with one attached hydrogen (secondary N) is 1. The van der Waals surface area contributed by atoms with E-state index in [1.54, 1.807) is 6.20 Å². The van der Waals surface area contributed by atoms with Crippen molar-refractivity contribution in [2.75, 3.05) is 25.1 Å². The topological polar surface area (TPSA) is 97.8 Å². The molecule has 1 aliphatic carbocycles. The van der Waals surface area contributed by atoms with Gasteiger partial charge in [0.2, 0.25) is 0 Å². The molecule has 2 N–H and O–H groups in total. The highest BCUT2D eigenvalue weighted by molar-refractivity contribution is 5.84. The van der Waals surface area contributed by atoms with Gasteiger partial charge in [0, 0.05) is 25.2 Å². The third kappa shape index (κ3) is 6.78. The summed E-state index contributed by atoms with van der Waals surface area (Å²) in [5.41, 5.74) is 3.77. The molecule has 1 saturated carbocycles. The summed E-state index contributed by atoms with van der Waals surface area (Å²) in [6.45, 7) is 1.88. The molecule has 1 saturated heterocycles. The molecule has 0 bridgehead atoms. The van der Waals surface area contributed by atoms with Gasteiger partial charge in [0.15, 0.2) is 0 Å². The monoisotopic (exact) mass is 452 g/mol. The molecule has 0 spiro atoms. The van der Waals surface area contributed by atoms with Crippen molar-refractivity contribution in [1.82, 2.24) is 4.98 Å². The standard InChI is InChI=1S/C26H32N2O5/c29-25(30)15-18-1-3-20(4-2-18)21-5-7-22(8-6-21)24-10-9-23(16-27-24)28-26(31)33-17-19-11-13-32-14-12-19/h5-10,16,18-20H,1-4,11-15,17H2,(H,28,31)(H,29,30). The third-order valence-corrected chi connectivity index (χ3v) is 6.79. The number of pyridine rings is 1. The summed E-state index contributed by atoms with van der Waals surface area (Å²) in [5, 5.41) is 11.7. The molecule has 176 valence electrons. The van der Waals surface area contributed by atoms with Crippen LogP contribution in [0.2, 0.25) is 0 Å². The van der Waals surface area contributed by atoms with Crippen LogP contribution in [0.15, 0.2) is 42.6 Å². The summed E-state index contributed by atoms with van der Waals surface area (Å²) in [7, 11) is 0. The van der Waals surface area contributed by atoms with Crippen LogP contribution in [0.5, 0.6) is 0 Å². The highest BCUT2D eigenvalue weighted by Crippen LogP contribution is 2.37. The predicted molar refractivity (Wildman–Crippen MR) is 125 cm³/mol. The van der Waals surface area contributed by atoms with Gasteiger partial charge in [-0.3, -0.25) is 15.1 Å². The summed E-state index contributed by atoms with van der Waals surface area (Å²) in [5.74, 6) is 0.486. The fraction of sp³-hybridized carbons (Fsp3) is 0.500. The lowest BCUT2D eigenvalue weighted by Crippen LogP contribution is -2.23. The molecule has 2 fully saturated rings. The van der Waals surface area contributed by atoms with Gasteiger partial charge in [0.1, 0.15) is 0 Å². The fourth-order valence-corrected chi connectivity index (χ4v) is 4.77. The van der Waals surface area contributed by atoms with E-state index in [0.717, 1.165) is 63.0 Å². The second-order valence-corrected chi connectivity index (χ2v) is 9.15. The Bertz CT molecular complexity index is 915. The summed E-state index contributed by atoms with van der Waals surface area (Å²) in [4.78, 5) is 27.5. The molecule has 2 heterocycles. The van der Waals surface area contributed by atoms with Crippen LogP contribution in [0.4, 0.5) is 10.5 Å². The molecule has 0 radical (unpaired) electrons. The first-order chi connectivity index (χ1) is 16.1. The number of hydrogen-bond acceptors (Lipinski definition) is 5. The lowest BCUT2D eigenvalue weighted by molar-refractivity contribution is -0.138. The van der Waals surface area contributed by atoms with Gasteiger partial charge in [-0.15, -0.1) is 0 Å². The largest absolute Gasteiger partial charge is 0.481 e. The second kappa shape index (κ2) is 11.3. The van der Waals surface area contributed by atoms with Gasteiger partial charge in [-0.05, 0) is 74.0 Å². The first-order valence-corrected chi connectivity index (χ1v) is 11.9. The van der Waals surface area contributed by atoms with Crippen LogP contribution >= 0.6 is 0 Å². The van der Waals surface area contributed by atoms with Crippen molar-refractivity contribution in [3.8, 4) is 11.3 Å².